The lowest BCUT2D eigenvalue weighted by Crippen LogP contribution is -2.20. The smallest absolute Gasteiger partial charge is 0.0320 e. The molecule has 0 nitrogen and oxygen atoms in total. The van der Waals surface area contributed by atoms with Gasteiger partial charge in [0, 0.05) is 5.92 Å². The van der Waals surface area contributed by atoms with Gasteiger partial charge in [0.05, 0.1) is 0 Å². The second-order valence-electron chi connectivity index (χ2n) is 10.2. The molecule has 0 N–H and O–H groups in total. The van der Waals surface area contributed by atoms with E-state index in [-0.39, 0.29) is 5.92 Å². The van der Waals surface area contributed by atoms with Gasteiger partial charge in [-0.05, 0) is 85.3 Å². The van der Waals surface area contributed by atoms with Crippen molar-refractivity contribution in [3.05, 3.63) is 181 Å². The highest BCUT2D eigenvalue weighted by molar-refractivity contribution is 5.84. The van der Waals surface area contributed by atoms with Gasteiger partial charge in [0.25, 0.3) is 0 Å². The van der Waals surface area contributed by atoms with Crippen LogP contribution in [-0.4, -0.2) is 0 Å². The summed E-state index contributed by atoms with van der Waals surface area (Å²) in [5.74, 6) is 0.217. The Morgan fingerprint density at radius 2 is 1.19 bits per heavy atom. The van der Waals surface area contributed by atoms with Crippen molar-refractivity contribution >= 4 is 17.2 Å². The van der Waals surface area contributed by atoms with E-state index in [0.29, 0.717) is 0 Å². The van der Waals surface area contributed by atoms with Crippen molar-refractivity contribution in [2.45, 2.75) is 19.8 Å². The lowest BCUT2D eigenvalue weighted by atomic mass is 9.81. The summed E-state index contributed by atoms with van der Waals surface area (Å²) in [7, 11) is 0. The summed E-state index contributed by atoms with van der Waals surface area (Å²) in [6.07, 6.45) is 2.42. The highest BCUT2D eigenvalue weighted by atomic mass is 14.3. The van der Waals surface area contributed by atoms with E-state index in [1.165, 1.54) is 71.0 Å². The summed E-state index contributed by atoms with van der Waals surface area (Å²) in [5.41, 5.74) is 12.2. The standard InChI is InChI=1S/C37H28/c1-24-25(2)35(32-20-12-11-18-29(24)32)37-33(22-21-31-30-19-10-9-17-28(30)23-34(31)37)36(26-13-5-3-6-14-26)27-15-7-4-8-16-27/h3-23,35H,1-2H3. The third kappa shape index (κ3) is 3.37. The maximum Gasteiger partial charge on any atom is 0.0320 e. The molecule has 2 aliphatic carbocycles. The molecule has 0 amide bonds. The average molecular weight is 473 g/mol. The van der Waals surface area contributed by atoms with E-state index in [9.17, 15) is 0 Å². The molecule has 0 heteroatoms. The molecule has 0 spiro atoms. The highest BCUT2D eigenvalue weighted by Crippen LogP contribution is 2.45. The predicted molar refractivity (Wildman–Crippen MR) is 154 cm³/mol. The minimum absolute atomic E-state index is 0.217. The van der Waals surface area contributed by atoms with Gasteiger partial charge < -0.3 is 0 Å². The summed E-state index contributed by atoms with van der Waals surface area (Å²) in [4.78, 5) is 0. The Kier molecular flexibility index (Phi) is 5.08. The summed E-state index contributed by atoms with van der Waals surface area (Å²) < 4.78 is 0. The van der Waals surface area contributed by atoms with Crippen LogP contribution in [0.3, 0.4) is 0 Å². The Labute approximate surface area is 217 Å². The maximum atomic E-state index is 2.42. The first-order valence-corrected chi connectivity index (χ1v) is 13.1. The van der Waals surface area contributed by atoms with Gasteiger partial charge in [0.1, 0.15) is 0 Å². The van der Waals surface area contributed by atoms with Crippen molar-refractivity contribution < 1.29 is 0 Å². The molecule has 0 radical (unpaired) electrons. The fourth-order valence-electron chi connectivity index (χ4n) is 6.39. The van der Waals surface area contributed by atoms with E-state index < -0.39 is 0 Å². The zero-order valence-electron chi connectivity index (χ0n) is 21.2. The molecule has 0 saturated carbocycles. The second-order valence-corrected chi connectivity index (χ2v) is 10.2. The van der Waals surface area contributed by atoms with Crippen LogP contribution in [0.15, 0.2) is 127 Å². The number of rotatable bonds is 3. The van der Waals surface area contributed by atoms with E-state index >= 15 is 0 Å². The van der Waals surface area contributed by atoms with Crippen LogP contribution in [0.5, 0.6) is 0 Å². The van der Waals surface area contributed by atoms with Gasteiger partial charge in [-0.25, -0.2) is 0 Å². The molecule has 0 heterocycles. The van der Waals surface area contributed by atoms with Crippen LogP contribution in [0, 0.1) is 10.4 Å². The number of benzene rings is 5. The van der Waals surface area contributed by atoms with E-state index in [4.69, 9.17) is 0 Å². The van der Waals surface area contributed by atoms with Gasteiger partial charge in [-0.1, -0.05) is 127 Å². The van der Waals surface area contributed by atoms with Crippen molar-refractivity contribution in [2.24, 2.45) is 0 Å². The normalized spacial score (nSPS) is 15.1. The fraction of sp³-hybridized carbons (Fsp3) is 0.0811. The van der Waals surface area contributed by atoms with Crippen molar-refractivity contribution in [1.82, 2.24) is 0 Å². The molecule has 2 aliphatic rings. The van der Waals surface area contributed by atoms with Gasteiger partial charge in [-0.3, -0.25) is 0 Å². The first-order valence-electron chi connectivity index (χ1n) is 13.1. The third-order valence-corrected chi connectivity index (χ3v) is 8.22. The minimum atomic E-state index is 0.217. The first kappa shape index (κ1) is 21.8. The molecule has 7 rings (SSSR count). The second kappa shape index (κ2) is 8.61. The van der Waals surface area contributed by atoms with Crippen LogP contribution in [0.1, 0.15) is 53.1 Å². The molecule has 5 aromatic carbocycles. The zero-order chi connectivity index (χ0) is 24.9. The van der Waals surface area contributed by atoms with Gasteiger partial charge in [0.2, 0.25) is 0 Å². The molecule has 37 heavy (non-hydrogen) atoms. The van der Waals surface area contributed by atoms with Crippen molar-refractivity contribution in [1.29, 1.82) is 0 Å². The molecule has 5 aromatic rings. The molecule has 0 saturated heterocycles. The summed E-state index contributed by atoms with van der Waals surface area (Å²) in [5, 5.41) is 5.29. The molecule has 176 valence electrons. The van der Waals surface area contributed by atoms with Crippen molar-refractivity contribution in [3.8, 4) is 0 Å². The van der Waals surface area contributed by atoms with E-state index in [0.717, 1.165) is 0 Å². The summed E-state index contributed by atoms with van der Waals surface area (Å²) in [6, 6.07) is 44.3. The van der Waals surface area contributed by atoms with Crippen LogP contribution < -0.4 is 10.4 Å². The van der Waals surface area contributed by atoms with Crippen LogP contribution in [-0.2, 0) is 0 Å². The molecule has 0 fully saturated rings. The number of allylic oxidation sites excluding steroid dienone is 2. The average Bonchev–Trinajstić information content (AvgIpc) is 3.45. The van der Waals surface area contributed by atoms with Gasteiger partial charge in [-0.15, -0.1) is 0 Å². The predicted octanol–water partition coefficient (Wildman–Crippen LogP) is 7.30. The fourth-order valence-corrected chi connectivity index (χ4v) is 6.39. The van der Waals surface area contributed by atoms with Gasteiger partial charge in [-0.2, -0.15) is 0 Å². The van der Waals surface area contributed by atoms with Crippen molar-refractivity contribution in [2.75, 3.05) is 0 Å². The molecule has 1 unspecified atom stereocenters. The van der Waals surface area contributed by atoms with Crippen LogP contribution in [0.25, 0.3) is 17.2 Å². The largest absolute Gasteiger partial charge is 0.0622 e. The molecule has 0 bridgehead atoms. The lowest BCUT2D eigenvalue weighted by molar-refractivity contribution is 0.957. The van der Waals surface area contributed by atoms with Gasteiger partial charge in [0.15, 0.2) is 0 Å². The quantitative estimate of drug-likeness (QED) is 0.253. The van der Waals surface area contributed by atoms with Crippen molar-refractivity contribution in [3.63, 3.8) is 0 Å². The zero-order valence-corrected chi connectivity index (χ0v) is 21.2. The van der Waals surface area contributed by atoms with Crippen LogP contribution >= 0.6 is 0 Å². The minimum Gasteiger partial charge on any atom is -0.0622 e. The maximum absolute atomic E-state index is 2.42. The Morgan fingerprint density at radius 3 is 1.92 bits per heavy atom. The lowest BCUT2D eigenvalue weighted by Gasteiger charge is -2.21. The van der Waals surface area contributed by atoms with E-state index in [2.05, 4.69) is 141 Å². The SMILES string of the molecule is CC1=C(C)C(c2c3c(ccc2=C(c2ccccc2)c2ccccc2)=c2ccccc2=C3)c2ccccc21. The first-order chi connectivity index (χ1) is 18.2. The Hall–Kier alpha value is -4.42. The van der Waals surface area contributed by atoms with Crippen LogP contribution in [0.4, 0.5) is 0 Å². The molecule has 0 aliphatic heterocycles. The molecular weight excluding hydrogens is 444 g/mol. The Morgan fingerprint density at radius 1 is 0.568 bits per heavy atom. The van der Waals surface area contributed by atoms with Crippen LogP contribution in [0.2, 0.25) is 0 Å². The Bertz CT molecular complexity index is 1880. The van der Waals surface area contributed by atoms with E-state index in [1.54, 1.807) is 0 Å². The summed E-state index contributed by atoms with van der Waals surface area (Å²) >= 11 is 0. The number of fused-ring (bicyclic) bond motifs is 3. The topological polar surface area (TPSA) is 0 Å². The molecule has 1 atom stereocenters. The molecule has 0 aromatic heterocycles. The summed E-state index contributed by atoms with van der Waals surface area (Å²) in [6.45, 7) is 4.62. The van der Waals surface area contributed by atoms with E-state index in [1.807, 2.05) is 0 Å². The Balaban J connectivity index is 1.70. The number of hydrogen-bond donors (Lipinski definition) is 0. The number of hydrogen-bond acceptors (Lipinski definition) is 0. The van der Waals surface area contributed by atoms with Gasteiger partial charge >= 0.3 is 0 Å². The third-order valence-electron chi connectivity index (χ3n) is 8.22. The highest BCUT2D eigenvalue weighted by Gasteiger charge is 2.31. The monoisotopic (exact) mass is 472 g/mol. The molecular formula is C37H28.